The SMILES string of the molecule is Nc1nccn2c(C3CCCCC3)nc(-c3ccc4ccc(-c5ccccc5)nc4c3)c12. The van der Waals surface area contributed by atoms with E-state index in [1.165, 1.54) is 32.1 Å². The number of pyridine rings is 1. The highest BCUT2D eigenvalue weighted by atomic mass is 15.1. The van der Waals surface area contributed by atoms with Crippen LogP contribution < -0.4 is 5.73 Å². The van der Waals surface area contributed by atoms with Gasteiger partial charge in [0.25, 0.3) is 0 Å². The molecular formula is C27H25N5. The van der Waals surface area contributed by atoms with Gasteiger partial charge in [-0.2, -0.15) is 0 Å². The van der Waals surface area contributed by atoms with E-state index in [1.54, 1.807) is 6.20 Å². The predicted octanol–water partition coefficient (Wildman–Crippen LogP) is 6.24. The van der Waals surface area contributed by atoms with E-state index in [0.717, 1.165) is 44.8 Å². The second-order valence-corrected chi connectivity index (χ2v) is 8.65. The molecule has 0 aliphatic heterocycles. The number of hydrogen-bond donors (Lipinski definition) is 1. The van der Waals surface area contributed by atoms with Gasteiger partial charge in [-0.05, 0) is 25.0 Å². The minimum absolute atomic E-state index is 0.468. The Morgan fingerprint density at radius 3 is 2.50 bits per heavy atom. The zero-order valence-corrected chi connectivity index (χ0v) is 17.9. The van der Waals surface area contributed by atoms with Crippen molar-refractivity contribution < 1.29 is 0 Å². The summed E-state index contributed by atoms with van der Waals surface area (Å²) >= 11 is 0. The Morgan fingerprint density at radius 2 is 1.66 bits per heavy atom. The standard InChI is InChI=1S/C27H25N5/c28-26-25-24(31-27(32(25)16-15-29-26)20-9-5-2-6-10-20)21-12-11-19-13-14-22(30-23(19)17-21)18-7-3-1-4-8-18/h1,3-4,7-8,11-17,20H,2,5-6,9-10H2,(H2,28,29). The number of rotatable bonds is 3. The summed E-state index contributed by atoms with van der Waals surface area (Å²) in [5.41, 5.74) is 12.2. The van der Waals surface area contributed by atoms with Gasteiger partial charge in [0.15, 0.2) is 0 Å². The lowest BCUT2D eigenvalue weighted by Crippen LogP contribution is -2.09. The number of nitrogens with two attached hydrogens (primary N) is 1. The number of fused-ring (bicyclic) bond motifs is 2. The smallest absolute Gasteiger partial charge is 0.150 e. The van der Waals surface area contributed by atoms with Crippen molar-refractivity contribution in [1.82, 2.24) is 19.4 Å². The van der Waals surface area contributed by atoms with Gasteiger partial charge in [-0.1, -0.05) is 67.8 Å². The quantitative estimate of drug-likeness (QED) is 0.376. The Balaban J connectivity index is 1.51. The van der Waals surface area contributed by atoms with E-state index in [0.29, 0.717) is 11.7 Å². The molecule has 3 heterocycles. The molecule has 6 rings (SSSR count). The van der Waals surface area contributed by atoms with Crippen LogP contribution in [-0.2, 0) is 0 Å². The lowest BCUT2D eigenvalue weighted by molar-refractivity contribution is 0.428. The molecule has 0 amide bonds. The van der Waals surface area contributed by atoms with Gasteiger partial charge in [0.2, 0.25) is 0 Å². The van der Waals surface area contributed by atoms with E-state index in [1.807, 2.05) is 24.4 Å². The Bertz CT molecular complexity index is 1410. The lowest BCUT2D eigenvalue weighted by atomic mass is 9.89. The van der Waals surface area contributed by atoms with Gasteiger partial charge in [-0.3, -0.25) is 4.40 Å². The third-order valence-corrected chi connectivity index (χ3v) is 6.62. The number of anilines is 1. The molecule has 1 aliphatic carbocycles. The van der Waals surface area contributed by atoms with Crippen LogP contribution in [0, 0.1) is 0 Å². The Morgan fingerprint density at radius 1 is 0.844 bits per heavy atom. The maximum absolute atomic E-state index is 6.36. The van der Waals surface area contributed by atoms with Crippen molar-refractivity contribution in [2.75, 3.05) is 5.73 Å². The molecule has 1 saturated carbocycles. The highest BCUT2D eigenvalue weighted by Gasteiger charge is 2.24. The molecule has 0 radical (unpaired) electrons. The van der Waals surface area contributed by atoms with Gasteiger partial charge in [0, 0.05) is 34.8 Å². The van der Waals surface area contributed by atoms with Gasteiger partial charge < -0.3 is 5.73 Å². The molecule has 158 valence electrons. The number of nitrogens with zero attached hydrogens (tertiary/aromatic N) is 4. The van der Waals surface area contributed by atoms with Gasteiger partial charge in [0.1, 0.15) is 22.9 Å². The molecule has 5 aromatic rings. The zero-order valence-electron chi connectivity index (χ0n) is 17.9. The first-order chi connectivity index (χ1) is 15.8. The van der Waals surface area contributed by atoms with Crippen LogP contribution in [-0.4, -0.2) is 19.4 Å². The molecule has 2 aromatic carbocycles. The number of hydrogen-bond acceptors (Lipinski definition) is 4. The molecule has 3 aromatic heterocycles. The van der Waals surface area contributed by atoms with E-state index in [2.05, 4.69) is 51.8 Å². The summed E-state index contributed by atoms with van der Waals surface area (Å²) in [5, 5.41) is 1.11. The molecule has 5 heteroatoms. The summed E-state index contributed by atoms with van der Waals surface area (Å²) in [7, 11) is 0. The summed E-state index contributed by atoms with van der Waals surface area (Å²) in [4.78, 5) is 14.5. The molecule has 0 unspecified atom stereocenters. The van der Waals surface area contributed by atoms with Crippen LogP contribution in [0.3, 0.4) is 0 Å². The van der Waals surface area contributed by atoms with E-state index >= 15 is 0 Å². The first-order valence-corrected chi connectivity index (χ1v) is 11.4. The third-order valence-electron chi connectivity index (χ3n) is 6.62. The molecule has 0 spiro atoms. The topological polar surface area (TPSA) is 69.1 Å². The van der Waals surface area contributed by atoms with Crippen molar-refractivity contribution in [3.8, 4) is 22.5 Å². The second kappa shape index (κ2) is 7.75. The minimum atomic E-state index is 0.468. The van der Waals surface area contributed by atoms with Crippen LogP contribution in [0.15, 0.2) is 73.1 Å². The maximum Gasteiger partial charge on any atom is 0.150 e. The van der Waals surface area contributed by atoms with Gasteiger partial charge in [0.05, 0.1) is 11.2 Å². The third kappa shape index (κ3) is 3.21. The second-order valence-electron chi connectivity index (χ2n) is 8.65. The Hall–Kier alpha value is -3.73. The lowest BCUT2D eigenvalue weighted by Gasteiger charge is -2.20. The number of imidazole rings is 1. The Kier molecular flexibility index (Phi) is 4.60. The molecule has 32 heavy (non-hydrogen) atoms. The Labute approximate surface area is 187 Å². The highest BCUT2D eigenvalue weighted by molar-refractivity contribution is 5.91. The van der Waals surface area contributed by atoms with E-state index < -0.39 is 0 Å². The van der Waals surface area contributed by atoms with Crippen molar-refractivity contribution in [2.45, 2.75) is 38.0 Å². The predicted molar refractivity (Wildman–Crippen MR) is 129 cm³/mol. The van der Waals surface area contributed by atoms with Crippen molar-refractivity contribution in [2.24, 2.45) is 0 Å². The monoisotopic (exact) mass is 419 g/mol. The van der Waals surface area contributed by atoms with Gasteiger partial charge >= 0.3 is 0 Å². The molecule has 1 aliphatic rings. The van der Waals surface area contributed by atoms with Crippen molar-refractivity contribution in [3.05, 3.63) is 78.9 Å². The molecular weight excluding hydrogens is 394 g/mol. The van der Waals surface area contributed by atoms with Crippen molar-refractivity contribution >= 4 is 22.2 Å². The fraction of sp³-hybridized carbons (Fsp3) is 0.222. The summed E-state index contributed by atoms with van der Waals surface area (Å²) in [6.07, 6.45) is 9.97. The average molecular weight is 420 g/mol. The van der Waals surface area contributed by atoms with Crippen LogP contribution in [0.5, 0.6) is 0 Å². The number of benzene rings is 2. The van der Waals surface area contributed by atoms with Crippen LogP contribution in [0.2, 0.25) is 0 Å². The van der Waals surface area contributed by atoms with Gasteiger partial charge in [-0.15, -0.1) is 0 Å². The largest absolute Gasteiger partial charge is 0.382 e. The van der Waals surface area contributed by atoms with Crippen molar-refractivity contribution in [3.63, 3.8) is 0 Å². The average Bonchev–Trinajstić information content (AvgIpc) is 3.25. The summed E-state index contributed by atoms with van der Waals surface area (Å²) in [6, 6.07) is 20.8. The van der Waals surface area contributed by atoms with Crippen molar-refractivity contribution in [1.29, 1.82) is 0 Å². The summed E-state index contributed by atoms with van der Waals surface area (Å²) in [6.45, 7) is 0. The van der Waals surface area contributed by atoms with E-state index in [-0.39, 0.29) is 0 Å². The van der Waals surface area contributed by atoms with Gasteiger partial charge in [-0.25, -0.2) is 15.0 Å². The fourth-order valence-electron chi connectivity index (χ4n) is 4.97. The normalized spacial score (nSPS) is 14.9. The first kappa shape index (κ1) is 19.0. The molecule has 0 saturated heterocycles. The molecule has 0 atom stereocenters. The number of nitrogen functional groups attached to an aromatic ring is 1. The minimum Gasteiger partial charge on any atom is -0.382 e. The van der Waals surface area contributed by atoms with Crippen LogP contribution in [0.25, 0.3) is 38.9 Å². The first-order valence-electron chi connectivity index (χ1n) is 11.4. The van der Waals surface area contributed by atoms with Crippen LogP contribution in [0.4, 0.5) is 5.82 Å². The fourth-order valence-corrected chi connectivity index (χ4v) is 4.97. The zero-order chi connectivity index (χ0) is 21.5. The molecule has 5 nitrogen and oxygen atoms in total. The van der Waals surface area contributed by atoms with Crippen LogP contribution in [0.1, 0.15) is 43.8 Å². The maximum atomic E-state index is 6.36. The van der Waals surface area contributed by atoms with E-state index in [4.69, 9.17) is 15.7 Å². The highest BCUT2D eigenvalue weighted by Crippen LogP contribution is 2.37. The summed E-state index contributed by atoms with van der Waals surface area (Å²) < 4.78 is 2.16. The molecule has 0 bridgehead atoms. The van der Waals surface area contributed by atoms with E-state index in [9.17, 15) is 0 Å². The molecule has 2 N–H and O–H groups in total. The molecule has 1 fully saturated rings. The summed E-state index contributed by atoms with van der Waals surface area (Å²) in [5.74, 6) is 2.09. The number of aromatic nitrogens is 4. The van der Waals surface area contributed by atoms with Crippen LogP contribution >= 0.6 is 0 Å².